The monoisotopic (exact) mass is 419 g/mol. The number of sulfonamides is 1. The van der Waals surface area contributed by atoms with E-state index in [1.54, 1.807) is 13.8 Å². The Kier molecular flexibility index (Phi) is 6.74. The molecular weight excluding hydrogens is 390 g/mol. The second kappa shape index (κ2) is 9.09. The van der Waals surface area contributed by atoms with Gasteiger partial charge < -0.3 is 9.42 Å². The number of rotatable bonds is 6. The average Bonchev–Trinajstić information content (AvgIpc) is 2.91. The summed E-state index contributed by atoms with van der Waals surface area (Å²) in [7, 11) is -3.70. The molecule has 0 spiro atoms. The Morgan fingerprint density at radius 1 is 1.14 bits per heavy atom. The van der Waals surface area contributed by atoms with E-state index in [4.69, 9.17) is 4.52 Å². The summed E-state index contributed by atoms with van der Waals surface area (Å²) < 4.78 is 32.7. The largest absolute Gasteiger partial charge is 0.360 e. The fourth-order valence-electron chi connectivity index (χ4n) is 3.95. The Balaban J connectivity index is 1.76. The molecule has 1 aromatic heterocycles. The highest BCUT2D eigenvalue weighted by Crippen LogP contribution is 2.27. The van der Waals surface area contributed by atoms with Crippen molar-refractivity contribution in [2.24, 2.45) is 0 Å². The highest BCUT2D eigenvalue weighted by atomic mass is 32.2. The summed E-state index contributed by atoms with van der Waals surface area (Å²) in [6.45, 7) is 6.89. The Hall–Kier alpha value is -2.19. The average molecular weight is 420 g/mol. The van der Waals surface area contributed by atoms with E-state index in [-0.39, 0.29) is 23.3 Å². The van der Waals surface area contributed by atoms with Gasteiger partial charge in [0.1, 0.15) is 10.6 Å². The van der Waals surface area contributed by atoms with Crippen molar-refractivity contribution >= 4 is 15.9 Å². The van der Waals surface area contributed by atoms with Crippen LogP contribution in [0.1, 0.15) is 49.1 Å². The van der Waals surface area contributed by atoms with E-state index < -0.39 is 10.0 Å². The number of amides is 1. The van der Waals surface area contributed by atoms with E-state index in [0.29, 0.717) is 37.5 Å². The van der Waals surface area contributed by atoms with Crippen LogP contribution in [0.25, 0.3) is 0 Å². The van der Waals surface area contributed by atoms with Crippen LogP contribution in [0.4, 0.5) is 0 Å². The number of hydrogen-bond donors (Lipinski definition) is 0. The van der Waals surface area contributed by atoms with E-state index in [0.717, 1.165) is 18.4 Å². The van der Waals surface area contributed by atoms with Crippen molar-refractivity contribution in [2.75, 3.05) is 26.2 Å². The molecule has 0 aliphatic carbocycles. The number of benzene rings is 1. The maximum absolute atomic E-state index is 13.3. The van der Waals surface area contributed by atoms with Gasteiger partial charge in [0.05, 0.1) is 5.92 Å². The first-order valence-electron chi connectivity index (χ1n) is 10.1. The zero-order valence-corrected chi connectivity index (χ0v) is 18.1. The first kappa shape index (κ1) is 21.5. The highest BCUT2D eigenvalue weighted by Gasteiger charge is 2.34. The molecule has 0 N–H and O–H groups in total. The normalized spacial score (nSPS) is 17.1. The van der Waals surface area contributed by atoms with Crippen molar-refractivity contribution in [1.82, 2.24) is 14.4 Å². The van der Waals surface area contributed by atoms with Gasteiger partial charge in [0.2, 0.25) is 15.9 Å². The zero-order valence-electron chi connectivity index (χ0n) is 17.3. The van der Waals surface area contributed by atoms with Crippen molar-refractivity contribution in [3.8, 4) is 0 Å². The summed E-state index contributed by atoms with van der Waals surface area (Å²) in [5.41, 5.74) is 1.38. The minimum absolute atomic E-state index is 0.0784. The number of carbonyl (C=O) groups is 1. The summed E-state index contributed by atoms with van der Waals surface area (Å²) in [6.07, 6.45) is 2.29. The van der Waals surface area contributed by atoms with Crippen molar-refractivity contribution < 1.29 is 17.7 Å². The molecule has 3 rings (SSSR count). The van der Waals surface area contributed by atoms with Gasteiger partial charge in [-0.3, -0.25) is 4.79 Å². The molecule has 0 bridgehead atoms. The molecule has 1 saturated heterocycles. The third kappa shape index (κ3) is 4.53. The highest BCUT2D eigenvalue weighted by molar-refractivity contribution is 7.89. The van der Waals surface area contributed by atoms with Crippen molar-refractivity contribution in [3.05, 3.63) is 47.3 Å². The SMILES string of the molecule is CCCC(C(=O)N1CCCN(S(=O)(=O)c2c(C)noc2C)CC1)c1ccccc1. The Morgan fingerprint density at radius 2 is 1.86 bits per heavy atom. The minimum Gasteiger partial charge on any atom is -0.360 e. The summed E-state index contributed by atoms with van der Waals surface area (Å²) in [5, 5.41) is 3.78. The molecule has 8 heteroatoms. The van der Waals surface area contributed by atoms with E-state index in [9.17, 15) is 13.2 Å². The lowest BCUT2D eigenvalue weighted by molar-refractivity contribution is -0.132. The molecular formula is C21H29N3O4S. The summed E-state index contributed by atoms with van der Waals surface area (Å²) in [6, 6.07) is 9.83. The number of aromatic nitrogens is 1. The fraction of sp³-hybridized carbons (Fsp3) is 0.524. The van der Waals surface area contributed by atoms with E-state index in [1.807, 2.05) is 35.2 Å². The molecule has 2 aromatic rings. The number of carbonyl (C=O) groups excluding carboxylic acids is 1. The van der Waals surface area contributed by atoms with Gasteiger partial charge in [-0.2, -0.15) is 4.31 Å². The van der Waals surface area contributed by atoms with Crippen LogP contribution in [0.3, 0.4) is 0 Å². The lowest BCUT2D eigenvalue weighted by Crippen LogP contribution is -2.39. The van der Waals surface area contributed by atoms with Crippen LogP contribution >= 0.6 is 0 Å². The predicted octanol–water partition coefficient (Wildman–Crippen LogP) is 3.10. The Labute approximate surface area is 172 Å². The van der Waals surface area contributed by atoms with E-state index in [1.165, 1.54) is 4.31 Å². The Bertz CT molecular complexity index is 921. The molecule has 1 amide bonds. The molecule has 158 valence electrons. The summed E-state index contributed by atoms with van der Waals surface area (Å²) >= 11 is 0. The van der Waals surface area contributed by atoms with Gasteiger partial charge in [-0.25, -0.2) is 8.42 Å². The lowest BCUT2D eigenvalue weighted by Gasteiger charge is -2.26. The molecule has 1 aliphatic rings. The third-order valence-electron chi connectivity index (χ3n) is 5.41. The van der Waals surface area contributed by atoms with E-state index in [2.05, 4.69) is 12.1 Å². The van der Waals surface area contributed by atoms with E-state index >= 15 is 0 Å². The van der Waals surface area contributed by atoms with Crippen LogP contribution in [0.15, 0.2) is 39.8 Å². The van der Waals surface area contributed by atoms with Gasteiger partial charge in [0, 0.05) is 26.2 Å². The van der Waals surface area contributed by atoms with Crippen LogP contribution in [-0.4, -0.2) is 54.9 Å². The van der Waals surface area contributed by atoms with Crippen LogP contribution in [0, 0.1) is 13.8 Å². The molecule has 1 unspecified atom stereocenters. The smallest absolute Gasteiger partial charge is 0.248 e. The second-order valence-corrected chi connectivity index (χ2v) is 9.36. The summed E-state index contributed by atoms with van der Waals surface area (Å²) in [5.74, 6) is 0.188. The number of nitrogens with zero attached hydrogens (tertiary/aromatic N) is 3. The fourth-order valence-corrected chi connectivity index (χ4v) is 5.71. The third-order valence-corrected chi connectivity index (χ3v) is 7.55. The standard InChI is InChI=1S/C21H29N3O4S/c1-4-9-19(18-10-6-5-7-11-18)21(25)23-12-8-13-24(15-14-23)29(26,27)20-16(2)22-28-17(20)3/h5-7,10-11,19H,4,8-9,12-15H2,1-3H3. The Morgan fingerprint density at radius 3 is 2.48 bits per heavy atom. The van der Waals surface area contributed by atoms with Gasteiger partial charge in [0.15, 0.2) is 5.76 Å². The number of aryl methyl sites for hydroxylation is 2. The molecule has 1 aromatic carbocycles. The topological polar surface area (TPSA) is 83.7 Å². The maximum Gasteiger partial charge on any atom is 0.248 e. The zero-order chi connectivity index (χ0) is 21.0. The van der Waals surface area contributed by atoms with Crippen LogP contribution in [-0.2, 0) is 14.8 Å². The van der Waals surface area contributed by atoms with Crippen LogP contribution < -0.4 is 0 Å². The van der Waals surface area contributed by atoms with Crippen molar-refractivity contribution in [3.63, 3.8) is 0 Å². The van der Waals surface area contributed by atoms with Crippen molar-refractivity contribution in [2.45, 2.75) is 50.8 Å². The molecule has 1 aliphatic heterocycles. The summed E-state index contributed by atoms with van der Waals surface area (Å²) in [4.78, 5) is 15.2. The van der Waals surface area contributed by atoms with Crippen LogP contribution in [0.5, 0.6) is 0 Å². The number of hydrogen-bond acceptors (Lipinski definition) is 5. The lowest BCUT2D eigenvalue weighted by atomic mass is 9.93. The molecule has 0 radical (unpaired) electrons. The molecule has 0 saturated carbocycles. The second-order valence-electron chi connectivity index (χ2n) is 7.49. The molecule has 1 fully saturated rings. The molecule has 2 heterocycles. The van der Waals surface area contributed by atoms with Gasteiger partial charge in [-0.1, -0.05) is 48.8 Å². The predicted molar refractivity (Wildman–Crippen MR) is 110 cm³/mol. The first-order valence-corrected chi connectivity index (χ1v) is 11.6. The molecule has 7 nitrogen and oxygen atoms in total. The first-order chi connectivity index (χ1) is 13.9. The molecule has 1 atom stereocenters. The van der Waals surface area contributed by atoms with Crippen molar-refractivity contribution in [1.29, 1.82) is 0 Å². The quantitative estimate of drug-likeness (QED) is 0.718. The van der Waals surface area contributed by atoms with Gasteiger partial charge in [0.25, 0.3) is 0 Å². The van der Waals surface area contributed by atoms with Gasteiger partial charge in [-0.15, -0.1) is 0 Å². The van der Waals surface area contributed by atoms with Crippen LogP contribution in [0.2, 0.25) is 0 Å². The van der Waals surface area contributed by atoms with Gasteiger partial charge >= 0.3 is 0 Å². The molecule has 29 heavy (non-hydrogen) atoms. The minimum atomic E-state index is -3.70. The maximum atomic E-state index is 13.3. The van der Waals surface area contributed by atoms with Gasteiger partial charge in [-0.05, 0) is 32.3 Å².